The summed E-state index contributed by atoms with van der Waals surface area (Å²) in [4.78, 5) is 12.3. The number of hydrogen-bond acceptors (Lipinski definition) is 6. The Morgan fingerprint density at radius 3 is 2.72 bits per heavy atom. The number of aliphatic hydroxyl groups excluding tert-OH is 1. The van der Waals surface area contributed by atoms with Crippen LogP contribution < -0.4 is 4.31 Å². The number of aliphatic hydroxyl groups is 1. The Morgan fingerprint density at radius 2 is 2.03 bits per heavy atom. The number of ether oxygens (including phenoxy) is 1. The van der Waals surface area contributed by atoms with Crippen molar-refractivity contribution in [3.8, 4) is 0 Å². The lowest BCUT2D eigenvalue weighted by Crippen LogP contribution is -2.28. The van der Waals surface area contributed by atoms with E-state index in [0.29, 0.717) is 24.1 Å². The van der Waals surface area contributed by atoms with Gasteiger partial charge in [-0.1, -0.05) is 38.3 Å². The summed E-state index contributed by atoms with van der Waals surface area (Å²) in [5.74, 6) is 0.163. The number of rotatable bonds is 11. The van der Waals surface area contributed by atoms with E-state index < -0.39 is 5.97 Å². The third-order valence-corrected chi connectivity index (χ3v) is 7.31. The molecule has 0 amide bonds. The van der Waals surface area contributed by atoms with Gasteiger partial charge < -0.3 is 19.3 Å². The van der Waals surface area contributed by atoms with Crippen molar-refractivity contribution < 1.29 is 19.7 Å². The average molecular weight is 436 g/mol. The predicted molar refractivity (Wildman–Crippen MR) is 120 cm³/mol. The summed E-state index contributed by atoms with van der Waals surface area (Å²) in [6, 6.07) is 12.0. The van der Waals surface area contributed by atoms with Gasteiger partial charge in [-0.25, -0.2) is 4.79 Å². The van der Waals surface area contributed by atoms with Crippen LogP contribution in [0.25, 0.3) is 0 Å². The highest BCUT2D eigenvalue weighted by molar-refractivity contribution is 8.00. The number of nitrogens with zero attached hydrogens (tertiary/aromatic N) is 1. The Hall–Kier alpha value is -1.54. The molecule has 1 aliphatic rings. The number of carbonyl (C=O) groups is 1. The summed E-state index contributed by atoms with van der Waals surface area (Å²) in [6.07, 6.45) is 4.85. The lowest BCUT2D eigenvalue weighted by Gasteiger charge is -2.25. The maximum Gasteiger partial charge on any atom is 0.345 e. The van der Waals surface area contributed by atoms with Crippen molar-refractivity contribution in [1.29, 1.82) is 0 Å². The van der Waals surface area contributed by atoms with Gasteiger partial charge in [0, 0.05) is 16.3 Å². The van der Waals surface area contributed by atoms with E-state index in [4.69, 9.17) is 9.84 Å². The van der Waals surface area contributed by atoms with Crippen molar-refractivity contribution in [3.05, 3.63) is 51.7 Å². The second kappa shape index (κ2) is 11.0. The van der Waals surface area contributed by atoms with Crippen LogP contribution in [0, 0.1) is 0 Å². The first-order chi connectivity index (χ1) is 14.1. The summed E-state index contributed by atoms with van der Waals surface area (Å²) in [6.45, 7) is 3.22. The van der Waals surface area contributed by atoms with Crippen LogP contribution >= 0.6 is 23.3 Å². The number of aromatic carboxylic acids is 1. The van der Waals surface area contributed by atoms with Crippen molar-refractivity contribution in [3.63, 3.8) is 0 Å². The first-order valence-corrected chi connectivity index (χ1v) is 11.9. The topological polar surface area (TPSA) is 70.0 Å². The van der Waals surface area contributed by atoms with Crippen LogP contribution in [-0.4, -0.2) is 34.6 Å². The highest BCUT2D eigenvalue weighted by Gasteiger charge is 2.26. The molecule has 1 aliphatic heterocycles. The molecule has 5 nitrogen and oxygen atoms in total. The fourth-order valence-corrected chi connectivity index (χ4v) is 5.42. The molecule has 0 radical (unpaired) electrons. The maximum absolute atomic E-state index is 11.0. The molecule has 1 aromatic heterocycles. The molecule has 29 heavy (non-hydrogen) atoms. The molecule has 0 bridgehead atoms. The van der Waals surface area contributed by atoms with E-state index in [1.54, 1.807) is 18.0 Å². The van der Waals surface area contributed by atoms with Gasteiger partial charge in [0.25, 0.3) is 0 Å². The van der Waals surface area contributed by atoms with Crippen molar-refractivity contribution in [2.75, 3.05) is 16.7 Å². The van der Waals surface area contributed by atoms with Gasteiger partial charge in [-0.2, -0.15) is 0 Å². The number of unbranched alkanes of at least 4 members (excludes halogenated alkanes) is 2. The second-order valence-corrected chi connectivity index (χ2v) is 9.52. The zero-order valence-corrected chi connectivity index (χ0v) is 18.4. The summed E-state index contributed by atoms with van der Waals surface area (Å²) >= 11 is 3.07. The van der Waals surface area contributed by atoms with Crippen LogP contribution in [0.5, 0.6) is 0 Å². The molecular weight excluding hydrogens is 406 g/mol. The zero-order valence-electron chi connectivity index (χ0n) is 16.8. The Labute approximate surface area is 180 Å². The number of benzene rings is 1. The number of carboxylic acids is 1. The van der Waals surface area contributed by atoms with Gasteiger partial charge in [-0.05, 0) is 54.6 Å². The van der Waals surface area contributed by atoms with Gasteiger partial charge in [-0.15, -0.1) is 11.3 Å². The van der Waals surface area contributed by atoms with Crippen LogP contribution in [0.15, 0.2) is 36.4 Å². The Kier molecular flexibility index (Phi) is 8.41. The molecule has 158 valence electrons. The molecule has 1 saturated heterocycles. The third-order valence-electron chi connectivity index (χ3n) is 5.05. The van der Waals surface area contributed by atoms with E-state index in [1.165, 1.54) is 11.3 Å². The fourth-order valence-electron chi connectivity index (χ4n) is 3.41. The SMILES string of the molecule is CCCCCC(O)c1ccc(N2SCCC2COCc2ccc(C(=O)O)s2)cc1. The minimum absolute atomic E-state index is 0.291. The minimum atomic E-state index is -0.890. The van der Waals surface area contributed by atoms with E-state index in [0.717, 1.165) is 54.0 Å². The molecular formula is C22H29NO4S2. The molecule has 2 atom stereocenters. The molecule has 7 heteroatoms. The van der Waals surface area contributed by atoms with Crippen LogP contribution in [0.2, 0.25) is 0 Å². The van der Waals surface area contributed by atoms with E-state index in [-0.39, 0.29) is 6.10 Å². The summed E-state index contributed by atoms with van der Waals surface area (Å²) in [5, 5.41) is 19.4. The second-order valence-electron chi connectivity index (χ2n) is 7.29. The van der Waals surface area contributed by atoms with Gasteiger partial charge in [0.15, 0.2) is 0 Å². The minimum Gasteiger partial charge on any atom is -0.477 e. The van der Waals surface area contributed by atoms with Gasteiger partial charge >= 0.3 is 5.97 Å². The van der Waals surface area contributed by atoms with E-state index in [9.17, 15) is 9.90 Å². The third kappa shape index (κ3) is 6.22. The normalized spacial score (nSPS) is 17.6. The van der Waals surface area contributed by atoms with Crippen LogP contribution in [0.4, 0.5) is 5.69 Å². The lowest BCUT2D eigenvalue weighted by atomic mass is 10.0. The molecule has 2 N–H and O–H groups in total. The molecule has 0 spiro atoms. The highest BCUT2D eigenvalue weighted by atomic mass is 32.2. The molecule has 3 rings (SSSR count). The summed E-state index contributed by atoms with van der Waals surface area (Å²) < 4.78 is 8.18. The molecule has 0 saturated carbocycles. The average Bonchev–Trinajstić information content (AvgIpc) is 3.38. The maximum atomic E-state index is 11.0. The Morgan fingerprint density at radius 1 is 1.24 bits per heavy atom. The first kappa shape index (κ1) is 22.2. The van der Waals surface area contributed by atoms with Gasteiger partial charge in [0.1, 0.15) is 4.88 Å². The number of anilines is 1. The lowest BCUT2D eigenvalue weighted by molar-refractivity contribution is 0.0702. The fraction of sp³-hybridized carbons (Fsp3) is 0.500. The smallest absolute Gasteiger partial charge is 0.345 e. The van der Waals surface area contributed by atoms with E-state index >= 15 is 0 Å². The van der Waals surface area contributed by atoms with E-state index in [2.05, 4.69) is 23.4 Å². The van der Waals surface area contributed by atoms with Crippen molar-refractivity contribution in [2.45, 2.75) is 57.8 Å². The molecule has 2 aromatic rings. The monoisotopic (exact) mass is 435 g/mol. The van der Waals surface area contributed by atoms with E-state index in [1.807, 2.05) is 18.2 Å². The number of hydrogen-bond donors (Lipinski definition) is 2. The summed E-state index contributed by atoms with van der Waals surface area (Å²) in [7, 11) is 0. The van der Waals surface area contributed by atoms with Crippen molar-refractivity contribution in [1.82, 2.24) is 0 Å². The van der Waals surface area contributed by atoms with Crippen LogP contribution in [0.1, 0.15) is 65.2 Å². The molecule has 1 fully saturated rings. The van der Waals surface area contributed by atoms with Gasteiger partial charge in [0.2, 0.25) is 0 Å². The number of carboxylic acid groups (broad SMARTS) is 1. The zero-order chi connectivity index (χ0) is 20.6. The van der Waals surface area contributed by atoms with Crippen LogP contribution in [-0.2, 0) is 11.3 Å². The molecule has 2 unspecified atom stereocenters. The quantitative estimate of drug-likeness (QED) is 0.359. The number of thiophene rings is 1. The molecule has 0 aliphatic carbocycles. The van der Waals surface area contributed by atoms with Crippen LogP contribution in [0.3, 0.4) is 0 Å². The first-order valence-electron chi connectivity index (χ1n) is 10.2. The van der Waals surface area contributed by atoms with Gasteiger partial charge in [0.05, 0.1) is 25.4 Å². The van der Waals surface area contributed by atoms with Gasteiger partial charge in [-0.3, -0.25) is 0 Å². The van der Waals surface area contributed by atoms with Crippen molar-refractivity contribution >= 4 is 34.9 Å². The predicted octanol–water partition coefficient (Wildman–Crippen LogP) is 5.50. The standard InChI is InChI=1S/C22H29NO4S2/c1-2-3-4-5-20(24)16-6-8-17(9-7-16)23-18(12-13-28-23)14-27-15-19-10-11-21(29-19)22(25)26/h6-11,18,20,24H,2-5,12-15H2,1H3,(H,25,26). The Bertz CT molecular complexity index is 777. The largest absolute Gasteiger partial charge is 0.477 e. The molecule has 1 aromatic carbocycles. The van der Waals surface area contributed by atoms with Crippen molar-refractivity contribution in [2.24, 2.45) is 0 Å². The summed E-state index contributed by atoms with van der Waals surface area (Å²) in [5.41, 5.74) is 2.11. The Balaban J connectivity index is 1.51. The highest BCUT2D eigenvalue weighted by Crippen LogP contribution is 2.34. The molecule has 2 heterocycles.